The molecule has 1 fully saturated rings. The summed E-state index contributed by atoms with van der Waals surface area (Å²) in [5.74, 6) is -0.407. The Morgan fingerprint density at radius 3 is 2.16 bits per heavy atom. The monoisotopic (exact) mass is 507 g/mol. The standard InChI is InChI=1S/C30H41N3O4/c1-19(2)18-25(32-29(36)37-30(5,6)7)28(35)33(23-16-17-23)26(22-14-12-20(3)13-15-22)27(34)31-24-11-9-8-10-21(24)4/h8-15,19,23,25-26H,16-18H2,1-7H3,(H,31,34)(H,32,36). The predicted molar refractivity (Wildman–Crippen MR) is 146 cm³/mol. The number of hydrogen-bond acceptors (Lipinski definition) is 4. The summed E-state index contributed by atoms with van der Waals surface area (Å²) in [4.78, 5) is 42.4. The van der Waals surface area contributed by atoms with Crippen molar-refractivity contribution in [1.29, 1.82) is 0 Å². The maximum Gasteiger partial charge on any atom is 0.408 e. The predicted octanol–water partition coefficient (Wildman–Crippen LogP) is 5.91. The highest BCUT2D eigenvalue weighted by molar-refractivity contribution is 5.99. The molecule has 1 aliphatic carbocycles. The number of amides is 3. The van der Waals surface area contributed by atoms with E-state index in [-0.39, 0.29) is 23.8 Å². The lowest BCUT2D eigenvalue weighted by Crippen LogP contribution is -2.53. The highest BCUT2D eigenvalue weighted by Crippen LogP contribution is 2.37. The van der Waals surface area contributed by atoms with E-state index in [1.807, 2.05) is 76.2 Å². The minimum absolute atomic E-state index is 0.0727. The number of rotatable bonds is 9. The van der Waals surface area contributed by atoms with Gasteiger partial charge in [0.15, 0.2) is 0 Å². The van der Waals surface area contributed by atoms with Gasteiger partial charge >= 0.3 is 6.09 Å². The smallest absolute Gasteiger partial charge is 0.408 e. The number of carbonyl (C=O) groups is 3. The Hall–Kier alpha value is -3.35. The Labute approximate surface area is 221 Å². The summed E-state index contributed by atoms with van der Waals surface area (Å²) in [6.45, 7) is 13.3. The van der Waals surface area contributed by atoms with Crippen molar-refractivity contribution < 1.29 is 19.1 Å². The van der Waals surface area contributed by atoms with Crippen molar-refractivity contribution >= 4 is 23.6 Å². The average Bonchev–Trinajstić information content (AvgIpc) is 3.62. The van der Waals surface area contributed by atoms with Crippen LogP contribution < -0.4 is 10.6 Å². The molecular formula is C30H41N3O4. The topological polar surface area (TPSA) is 87.7 Å². The third-order valence-electron chi connectivity index (χ3n) is 6.21. The van der Waals surface area contributed by atoms with E-state index in [1.165, 1.54) is 0 Å². The summed E-state index contributed by atoms with van der Waals surface area (Å²) in [7, 11) is 0. The molecule has 0 spiro atoms. The highest BCUT2D eigenvalue weighted by Gasteiger charge is 2.44. The number of hydrogen-bond donors (Lipinski definition) is 2. The van der Waals surface area contributed by atoms with Crippen molar-refractivity contribution in [3.8, 4) is 0 Å². The second-order valence-corrected chi connectivity index (χ2v) is 11.4. The number of nitrogens with zero attached hydrogens (tertiary/aromatic N) is 1. The molecule has 1 saturated carbocycles. The summed E-state index contributed by atoms with van der Waals surface area (Å²) < 4.78 is 5.45. The fourth-order valence-electron chi connectivity index (χ4n) is 4.29. The quantitative estimate of drug-likeness (QED) is 0.441. The van der Waals surface area contributed by atoms with Crippen molar-refractivity contribution in [2.24, 2.45) is 5.92 Å². The van der Waals surface area contributed by atoms with E-state index >= 15 is 0 Å². The maximum atomic E-state index is 14.1. The van der Waals surface area contributed by atoms with Gasteiger partial charge in [-0.15, -0.1) is 0 Å². The molecular weight excluding hydrogens is 466 g/mol. The molecule has 2 N–H and O–H groups in total. The van der Waals surface area contributed by atoms with Gasteiger partial charge in [-0.1, -0.05) is 61.9 Å². The summed E-state index contributed by atoms with van der Waals surface area (Å²) in [6.07, 6.45) is 1.42. The van der Waals surface area contributed by atoms with Crippen LogP contribution in [0.4, 0.5) is 10.5 Å². The van der Waals surface area contributed by atoms with Gasteiger partial charge in [0, 0.05) is 11.7 Å². The fraction of sp³-hybridized carbons (Fsp3) is 0.500. The molecule has 7 heteroatoms. The van der Waals surface area contributed by atoms with Crippen molar-refractivity contribution in [2.75, 3.05) is 5.32 Å². The molecule has 3 amide bonds. The molecule has 37 heavy (non-hydrogen) atoms. The van der Waals surface area contributed by atoms with Crippen LogP contribution in [-0.4, -0.2) is 40.5 Å². The number of carbonyl (C=O) groups excluding carboxylic acids is 3. The van der Waals surface area contributed by atoms with E-state index in [0.717, 1.165) is 29.5 Å². The van der Waals surface area contributed by atoms with Crippen LogP contribution in [0.5, 0.6) is 0 Å². The van der Waals surface area contributed by atoms with Crippen LogP contribution in [0.1, 0.15) is 76.6 Å². The number of aryl methyl sites for hydroxylation is 2. The minimum atomic E-state index is -0.838. The second-order valence-electron chi connectivity index (χ2n) is 11.4. The summed E-state index contributed by atoms with van der Waals surface area (Å²) in [6, 6.07) is 13.6. The third-order valence-corrected chi connectivity index (χ3v) is 6.21. The molecule has 1 aliphatic rings. The normalized spacial score (nSPS) is 15.0. The summed E-state index contributed by atoms with van der Waals surface area (Å²) >= 11 is 0. The number of para-hydroxylation sites is 1. The number of anilines is 1. The Kier molecular flexibility index (Phi) is 9.00. The van der Waals surface area contributed by atoms with E-state index in [9.17, 15) is 14.4 Å². The maximum absolute atomic E-state index is 14.1. The molecule has 2 unspecified atom stereocenters. The minimum Gasteiger partial charge on any atom is -0.444 e. The third kappa shape index (κ3) is 8.07. The van der Waals surface area contributed by atoms with Gasteiger partial charge in [-0.2, -0.15) is 0 Å². The summed E-state index contributed by atoms with van der Waals surface area (Å²) in [5.41, 5.74) is 2.75. The zero-order chi connectivity index (χ0) is 27.3. The highest BCUT2D eigenvalue weighted by atomic mass is 16.6. The van der Waals surface area contributed by atoms with Gasteiger partial charge in [0.1, 0.15) is 17.7 Å². The Balaban J connectivity index is 1.98. The lowest BCUT2D eigenvalue weighted by Gasteiger charge is -2.35. The van der Waals surface area contributed by atoms with E-state index in [0.29, 0.717) is 12.1 Å². The average molecular weight is 508 g/mol. The molecule has 0 bridgehead atoms. The first kappa shape index (κ1) is 28.2. The fourth-order valence-corrected chi connectivity index (χ4v) is 4.29. The second kappa shape index (κ2) is 11.8. The molecule has 0 saturated heterocycles. The van der Waals surface area contributed by atoms with Crippen molar-refractivity contribution in [3.63, 3.8) is 0 Å². The van der Waals surface area contributed by atoms with E-state index in [1.54, 1.807) is 25.7 Å². The van der Waals surface area contributed by atoms with Gasteiger partial charge in [-0.05, 0) is 77.0 Å². The summed E-state index contributed by atoms with van der Waals surface area (Å²) in [5, 5.41) is 5.85. The molecule has 0 aliphatic heterocycles. The van der Waals surface area contributed by atoms with E-state index in [2.05, 4.69) is 10.6 Å². The van der Waals surface area contributed by atoms with Gasteiger partial charge in [0.05, 0.1) is 0 Å². The molecule has 0 radical (unpaired) electrons. The first-order valence-electron chi connectivity index (χ1n) is 13.1. The van der Waals surface area contributed by atoms with Crippen molar-refractivity contribution in [3.05, 3.63) is 65.2 Å². The van der Waals surface area contributed by atoms with E-state index < -0.39 is 23.8 Å². The zero-order valence-corrected chi connectivity index (χ0v) is 23.1. The number of alkyl carbamates (subject to hydrolysis) is 1. The van der Waals surface area contributed by atoms with Gasteiger partial charge in [-0.3, -0.25) is 9.59 Å². The van der Waals surface area contributed by atoms with Crippen LogP contribution in [0.3, 0.4) is 0 Å². The lowest BCUT2D eigenvalue weighted by atomic mass is 9.98. The van der Waals surface area contributed by atoms with Crippen LogP contribution in [0, 0.1) is 19.8 Å². The van der Waals surface area contributed by atoms with Crippen molar-refractivity contribution in [1.82, 2.24) is 10.2 Å². The number of benzene rings is 2. The van der Waals surface area contributed by atoms with Gasteiger partial charge in [0.25, 0.3) is 5.91 Å². The number of nitrogens with one attached hydrogen (secondary N) is 2. The molecule has 2 aromatic carbocycles. The Morgan fingerprint density at radius 2 is 1.62 bits per heavy atom. The molecule has 0 aromatic heterocycles. The Bertz CT molecular complexity index is 1100. The SMILES string of the molecule is Cc1ccc(C(C(=O)Nc2ccccc2C)N(C(=O)C(CC(C)C)NC(=O)OC(C)(C)C)C2CC2)cc1. The van der Waals surface area contributed by atoms with Gasteiger partial charge in [-0.25, -0.2) is 4.79 Å². The first-order chi connectivity index (χ1) is 17.4. The van der Waals surface area contributed by atoms with Gasteiger partial charge < -0.3 is 20.3 Å². The zero-order valence-electron chi connectivity index (χ0n) is 23.1. The van der Waals surface area contributed by atoms with Crippen LogP contribution in [0.25, 0.3) is 0 Å². The first-order valence-corrected chi connectivity index (χ1v) is 13.1. The molecule has 2 atom stereocenters. The molecule has 7 nitrogen and oxygen atoms in total. The van der Waals surface area contributed by atoms with Crippen LogP contribution in [0.2, 0.25) is 0 Å². The van der Waals surface area contributed by atoms with Gasteiger partial charge in [0.2, 0.25) is 5.91 Å². The molecule has 0 heterocycles. The lowest BCUT2D eigenvalue weighted by molar-refractivity contribution is -0.141. The van der Waals surface area contributed by atoms with E-state index in [4.69, 9.17) is 4.74 Å². The van der Waals surface area contributed by atoms with Crippen LogP contribution in [-0.2, 0) is 14.3 Å². The van der Waals surface area contributed by atoms with Crippen LogP contribution in [0.15, 0.2) is 48.5 Å². The Morgan fingerprint density at radius 1 is 1.00 bits per heavy atom. The number of ether oxygens (including phenoxy) is 1. The largest absolute Gasteiger partial charge is 0.444 e. The molecule has 2 aromatic rings. The van der Waals surface area contributed by atoms with Crippen LogP contribution >= 0.6 is 0 Å². The van der Waals surface area contributed by atoms with Crippen molar-refractivity contribution in [2.45, 2.75) is 91.5 Å². The molecule has 200 valence electrons. The molecule has 3 rings (SSSR count).